The molecule has 6 nitrogen and oxygen atoms in total. The number of furan rings is 1. The third-order valence-corrected chi connectivity index (χ3v) is 4.89. The van der Waals surface area contributed by atoms with E-state index in [-0.39, 0.29) is 5.91 Å². The molecular formula is C22H24N4O2. The van der Waals surface area contributed by atoms with Crippen molar-refractivity contribution < 1.29 is 9.21 Å². The van der Waals surface area contributed by atoms with Gasteiger partial charge in [0, 0.05) is 24.7 Å². The lowest BCUT2D eigenvalue weighted by atomic mass is 10.2. The van der Waals surface area contributed by atoms with E-state index >= 15 is 0 Å². The predicted octanol–water partition coefficient (Wildman–Crippen LogP) is 4.36. The van der Waals surface area contributed by atoms with Crippen molar-refractivity contribution in [3.05, 3.63) is 66.2 Å². The Morgan fingerprint density at radius 3 is 2.50 bits per heavy atom. The molecule has 4 rings (SSSR count). The third kappa shape index (κ3) is 4.39. The van der Waals surface area contributed by atoms with E-state index < -0.39 is 0 Å². The molecule has 1 N–H and O–H groups in total. The number of carbonyl (C=O) groups excluding carboxylic acids is 1. The average molecular weight is 376 g/mol. The fourth-order valence-corrected chi connectivity index (χ4v) is 3.39. The molecule has 1 fully saturated rings. The first-order chi connectivity index (χ1) is 13.8. The minimum absolute atomic E-state index is 0.0254. The van der Waals surface area contributed by atoms with E-state index in [2.05, 4.69) is 15.3 Å². The van der Waals surface area contributed by atoms with Crippen LogP contribution in [0, 0.1) is 0 Å². The van der Waals surface area contributed by atoms with Crippen molar-refractivity contribution in [2.24, 2.45) is 0 Å². The van der Waals surface area contributed by atoms with Crippen molar-refractivity contribution in [2.45, 2.75) is 32.2 Å². The maximum Gasteiger partial charge on any atom is 0.272 e. The van der Waals surface area contributed by atoms with Crippen LogP contribution >= 0.6 is 0 Å². The van der Waals surface area contributed by atoms with Crippen molar-refractivity contribution in [2.75, 3.05) is 18.4 Å². The fraction of sp³-hybridized carbons (Fsp3) is 0.318. The molecule has 144 valence electrons. The van der Waals surface area contributed by atoms with E-state index in [4.69, 9.17) is 4.42 Å². The van der Waals surface area contributed by atoms with Crippen LogP contribution in [0.4, 0.5) is 5.82 Å². The van der Waals surface area contributed by atoms with Crippen molar-refractivity contribution in [3.63, 3.8) is 0 Å². The molecule has 1 aliphatic heterocycles. The molecule has 0 spiro atoms. The lowest BCUT2D eigenvalue weighted by Gasteiger charge is -2.20. The zero-order valence-corrected chi connectivity index (χ0v) is 15.8. The Balaban J connectivity index is 1.63. The summed E-state index contributed by atoms with van der Waals surface area (Å²) in [4.78, 5) is 24.2. The number of nitrogens with one attached hydrogen (secondary N) is 1. The highest BCUT2D eigenvalue weighted by Gasteiger charge is 2.20. The third-order valence-electron chi connectivity index (χ3n) is 4.89. The van der Waals surface area contributed by atoms with Gasteiger partial charge in [-0.05, 0) is 25.0 Å². The second kappa shape index (κ2) is 8.69. The van der Waals surface area contributed by atoms with Crippen molar-refractivity contribution in [1.29, 1.82) is 0 Å². The van der Waals surface area contributed by atoms with E-state index in [9.17, 15) is 4.79 Å². The number of likely N-dealkylation sites (tertiary alicyclic amines) is 1. The van der Waals surface area contributed by atoms with Crippen molar-refractivity contribution in [1.82, 2.24) is 14.9 Å². The topological polar surface area (TPSA) is 71.3 Å². The molecule has 0 atom stereocenters. The van der Waals surface area contributed by atoms with E-state index in [0.29, 0.717) is 23.9 Å². The number of anilines is 1. The fourth-order valence-electron chi connectivity index (χ4n) is 3.39. The van der Waals surface area contributed by atoms with Gasteiger partial charge in [0.15, 0.2) is 5.82 Å². The van der Waals surface area contributed by atoms with Crippen LogP contribution in [-0.4, -0.2) is 33.9 Å². The summed E-state index contributed by atoms with van der Waals surface area (Å²) in [5, 5.41) is 3.25. The molecule has 0 radical (unpaired) electrons. The molecule has 1 aliphatic rings. The van der Waals surface area contributed by atoms with Gasteiger partial charge in [0.1, 0.15) is 17.3 Å². The monoisotopic (exact) mass is 376 g/mol. The van der Waals surface area contributed by atoms with Crippen LogP contribution in [0.5, 0.6) is 0 Å². The summed E-state index contributed by atoms with van der Waals surface area (Å²) in [6.07, 6.45) is 6.09. The molecule has 3 heterocycles. The van der Waals surface area contributed by atoms with E-state index in [0.717, 1.165) is 37.3 Å². The van der Waals surface area contributed by atoms with Crippen LogP contribution < -0.4 is 5.32 Å². The number of nitrogens with zero attached hydrogens (tertiary/aromatic N) is 3. The Morgan fingerprint density at radius 1 is 1.00 bits per heavy atom. The molecule has 1 amide bonds. The average Bonchev–Trinajstić information content (AvgIpc) is 3.12. The van der Waals surface area contributed by atoms with Gasteiger partial charge in [-0.25, -0.2) is 9.97 Å². The van der Waals surface area contributed by atoms with E-state index in [1.54, 1.807) is 12.3 Å². The van der Waals surface area contributed by atoms with Gasteiger partial charge in [0.05, 0.1) is 12.8 Å². The highest BCUT2D eigenvalue weighted by molar-refractivity contribution is 5.93. The van der Waals surface area contributed by atoms with E-state index in [1.165, 1.54) is 12.8 Å². The highest BCUT2D eigenvalue weighted by atomic mass is 16.3. The van der Waals surface area contributed by atoms with Crippen LogP contribution in [0.15, 0.2) is 59.2 Å². The summed E-state index contributed by atoms with van der Waals surface area (Å²) in [5.74, 6) is 1.94. The van der Waals surface area contributed by atoms with Crippen LogP contribution in [0.1, 0.15) is 41.9 Å². The van der Waals surface area contributed by atoms with Crippen LogP contribution in [-0.2, 0) is 6.54 Å². The summed E-state index contributed by atoms with van der Waals surface area (Å²) >= 11 is 0. The number of rotatable bonds is 5. The molecule has 1 saturated heterocycles. The maximum absolute atomic E-state index is 13.1. The number of aromatic nitrogens is 2. The minimum Gasteiger partial charge on any atom is -0.467 e. The van der Waals surface area contributed by atoms with Crippen molar-refractivity contribution in [3.8, 4) is 11.4 Å². The quantitative estimate of drug-likeness (QED) is 0.716. The first-order valence-electron chi connectivity index (χ1n) is 9.79. The molecule has 3 aromatic rings. The second-order valence-corrected chi connectivity index (χ2v) is 6.97. The maximum atomic E-state index is 13.1. The lowest BCUT2D eigenvalue weighted by Crippen LogP contribution is -2.32. The Morgan fingerprint density at radius 2 is 1.79 bits per heavy atom. The predicted molar refractivity (Wildman–Crippen MR) is 108 cm³/mol. The molecule has 28 heavy (non-hydrogen) atoms. The summed E-state index contributed by atoms with van der Waals surface area (Å²) < 4.78 is 5.38. The standard InChI is InChI=1S/C22H24N4O2/c27-22(26-12-6-1-2-7-13-26)19-15-20(23-16-18-11-8-14-28-18)25-21(24-19)17-9-4-3-5-10-17/h3-5,8-11,14-15H,1-2,6-7,12-13,16H2,(H,23,24,25). The Kier molecular flexibility index (Phi) is 5.66. The Labute approximate surface area is 164 Å². The number of amides is 1. The number of carbonyl (C=O) groups is 1. The smallest absolute Gasteiger partial charge is 0.272 e. The zero-order chi connectivity index (χ0) is 19.2. The summed E-state index contributed by atoms with van der Waals surface area (Å²) in [7, 11) is 0. The summed E-state index contributed by atoms with van der Waals surface area (Å²) in [6.45, 7) is 2.08. The van der Waals surface area contributed by atoms with Gasteiger partial charge in [0.25, 0.3) is 5.91 Å². The minimum atomic E-state index is -0.0254. The number of benzene rings is 1. The van der Waals surface area contributed by atoms with Gasteiger partial charge in [0.2, 0.25) is 0 Å². The first-order valence-corrected chi connectivity index (χ1v) is 9.79. The molecule has 0 unspecified atom stereocenters. The Bertz CT molecular complexity index is 902. The molecule has 2 aromatic heterocycles. The largest absolute Gasteiger partial charge is 0.467 e. The van der Waals surface area contributed by atoms with Crippen LogP contribution in [0.2, 0.25) is 0 Å². The second-order valence-electron chi connectivity index (χ2n) is 6.97. The summed E-state index contributed by atoms with van der Waals surface area (Å²) in [5.41, 5.74) is 1.31. The molecular weight excluding hydrogens is 352 g/mol. The van der Waals surface area contributed by atoms with Gasteiger partial charge < -0.3 is 14.6 Å². The van der Waals surface area contributed by atoms with Gasteiger partial charge in [-0.3, -0.25) is 4.79 Å². The van der Waals surface area contributed by atoms with Crippen LogP contribution in [0.25, 0.3) is 11.4 Å². The van der Waals surface area contributed by atoms with Gasteiger partial charge >= 0.3 is 0 Å². The molecule has 1 aromatic carbocycles. The lowest BCUT2D eigenvalue weighted by molar-refractivity contribution is 0.0756. The van der Waals surface area contributed by atoms with Crippen molar-refractivity contribution >= 4 is 11.7 Å². The first kappa shape index (κ1) is 18.2. The highest BCUT2D eigenvalue weighted by Crippen LogP contribution is 2.20. The van der Waals surface area contributed by atoms with Gasteiger partial charge in [-0.2, -0.15) is 0 Å². The molecule has 0 aliphatic carbocycles. The van der Waals surface area contributed by atoms with Gasteiger partial charge in [-0.15, -0.1) is 0 Å². The summed E-state index contributed by atoms with van der Waals surface area (Å²) in [6, 6.07) is 15.2. The molecule has 0 bridgehead atoms. The molecule has 6 heteroatoms. The zero-order valence-electron chi connectivity index (χ0n) is 15.8. The Hall–Kier alpha value is -3.15. The normalized spacial score (nSPS) is 14.5. The molecule has 0 saturated carbocycles. The number of hydrogen-bond acceptors (Lipinski definition) is 5. The number of hydrogen-bond donors (Lipinski definition) is 1. The SMILES string of the molecule is O=C(c1cc(NCc2ccco2)nc(-c2ccccc2)n1)N1CCCCCC1. The van der Waals surface area contributed by atoms with Crippen LogP contribution in [0.3, 0.4) is 0 Å². The van der Waals surface area contributed by atoms with Gasteiger partial charge in [-0.1, -0.05) is 43.2 Å². The van der Waals surface area contributed by atoms with E-state index in [1.807, 2.05) is 47.4 Å².